The molecule has 0 saturated heterocycles. The molecule has 0 aliphatic heterocycles. The molecule has 0 fully saturated rings. The Morgan fingerprint density at radius 2 is 1.81 bits per heavy atom. The van der Waals surface area contributed by atoms with Crippen LogP contribution in [0.1, 0.15) is 12.5 Å². The summed E-state index contributed by atoms with van der Waals surface area (Å²) in [5.74, 6) is -0.0839. The second kappa shape index (κ2) is 8.93. The van der Waals surface area contributed by atoms with Crippen LogP contribution in [-0.2, 0) is 21.2 Å². The maximum Gasteiger partial charge on any atom is 0.246 e. The van der Waals surface area contributed by atoms with E-state index in [0.717, 1.165) is 4.31 Å². The molecule has 2 aromatic rings. The summed E-state index contributed by atoms with van der Waals surface area (Å²) in [7, 11) is -0.870. The number of hydrogen-bond donors (Lipinski definition) is 1. The van der Waals surface area contributed by atoms with Crippen LogP contribution >= 0.6 is 23.2 Å². The lowest BCUT2D eigenvalue weighted by Crippen LogP contribution is -2.23. The number of ether oxygens (including phenoxy) is 1. The first-order valence-corrected chi connectivity index (χ1v) is 10.3. The van der Waals surface area contributed by atoms with Crippen LogP contribution in [0.25, 0.3) is 0 Å². The van der Waals surface area contributed by atoms with Crippen LogP contribution in [0.3, 0.4) is 0 Å². The Labute approximate surface area is 169 Å². The monoisotopic (exact) mass is 430 g/mol. The van der Waals surface area contributed by atoms with Gasteiger partial charge >= 0.3 is 0 Å². The van der Waals surface area contributed by atoms with Crippen molar-refractivity contribution in [2.75, 3.05) is 26.0 Å². The van der Waals surface area contributed by atoms with Gasteiger partial charge in [0.2, 0.25) is 15.9 Å². The molecule has 9 heteroatoms. The average Bonchev–Trinajstić information content (AvgIpc) is 2.59. The third-order valence-electron chi connectivity index (χ3n) is 3.63. The van der Waals surface area contributed by atoms with Crippen LogP contribution in [0.2, 0.25) is 10.0 Å². The molecular formula is C18H20Cl2N2O4S. The van der Waals surface area contributed by atoms with E-state index in [0.29, 0.717) is 27.9 Å². The molecule has 0 bridgehead atoms. The molecule has 0 atom stereocenters. The van der Waals surface area contributed by atoms with Gasteiger partial charge in [0, 0.05) is 19.8 Å². The van der Waals surface area contributed by atoms with Gasteiger partial charge in [0.05, 0.1) is 23.1 Å². The van der Waals surface area contributed by atoms with Gasteiger partial charge in [0.15, 0.2) is 0 Å². The van der Waals surface area contributed by atoms with Crippen LogP contribution in [0.5, 0.6) is 5.75 Å². The Morgan fingerprint density at radius 3 is 2.41 bits per heavy atom. The highest BCUT2D eigenvalue weighted by atomic mass is 35.5. The number of nitrogens with one attached hydrogen (secondary N) is 1. The molecule has 0 aliphatic carbocycles. The fourth-order valence-corrected chi connectivity index (χ4v) is 3.67. The molecule has 1 amide bonds. The lowest BCUT2D eigenvalue weighted by Gasteiger charge is -2.16. The number of hydrogen-bond acceptors (Lipinski definition) is 4. The quantitative estimate of drug-likeness (QED) is 0.723. The number of carbonyl (C=O) groups excluding carboxylic acids is 1. The van der Waals surface area contributed by atoms with Crippen molar-refractivity contribution in [1.29, 1.82) is 0 Å². The third kappa shape index (κ3) is 5.35. The molecule has 2 aromatic carbocycles. The van der Waals surface area contributed by atoms with E-state index in [4.69, 9.17) is 27.9 Å². The molecule has 0 spiro atoms. The van der Waals surface area contributed by atoms with Crippen LogP contribution in [0.4, 0.5) is 5.69 Å². The number of sulfonamides is 1. The Morgan fingerprint density at radius 1 is 1.11 bits per heavy atom. The van der Waals surface area contributed by atoms with E-state index >= 15 is 0 Å². The van der Waals surface area contributed by atoms with Crippen LogP contribution in [0.15, 0.2) is 41.3 Å². The van der Waals surface area contributed by atoms with Gasteiger partial charge in [-0.25, -0.2) is 12.7 Å². The zero-order valence-corrected chi connectivity index (χ0v) is 17.5. The SMILES string of the molecule is CCOc1ccc(NC(=O)Cc2ccc(Cl)c(Cl)c2)cc1S(=O)(=O)N(C)C. The number of anilines is 1. The maximum absolute atomic E-state index is 12.5. The summed E-state index contributed by atoms with van der Waals surface area (Å²) >= 11 is 11.8. The summed E-state index contributed by atoms with van der Waals surface area (Å²) in [5.41, 5.74) is 1.04. The van der Waals surface area contributed by atoms with Gasteiger partial charge in [-0.15, -0.1) is 0 Å². The molecule has 0 saturated carbocycles. The van der Waals surface area contributed by atoms with Crippen molar-refractivity contribution in [2.24, 2.45) is 0 Å². The van der Waals surface area contributed by atoms with Gasteiger partial charge in [0.25, 0.3) is 0 Å². The topological polar surface area (TPSA) is 75.7 Å². The second-order valence-corrected chi connectivity index (χ2v) is 8.79. The van der Waals surface area contributed by atoms with Crippen molar-refractivity contribution in [1.82, 2.24) is 4.31 Å². The molecule has 0 unspecified atom stereocenters. The third-order valence-corrected chi connectivity index (χ3v) is 6.21. The predicted octanol–water partition coefficient (Wildman–Crippen LogP) is 3.82. The van der Waals surface area contributed by atoms with E-state index < -0.39 is 10.0 Å². The van der Waals surface area contributed by atoms with E-state index in [9.17, 15) is 13.2 Å². The molecule has 0 aromatic heterocycles. The van der Waals surface area contributed by atoms with Crippen LogP contribution in [0, 0.1) is 0 Å². The summed E-state index contributed by atoms with van der Waals surface area (Å²) in [5, 5.41) is 3.46. The second-order valence-electron chi connectivity index (χ2n) is 5.86. The van der Waals surface area contributed by atoms with Gasteiger partial charge in [0.1, 0.15) is 10.6 Å². The average molecular weight is 431 g/mol. The van der Waals surface area contributed by atoms with Gasteiger partial charge in [-0.1, -0.05) is 29.3 Å². The molecule has 2 rings (SSSR count). The van der Waals surface area contributed by atoms with Gasteiger partial charge < -0.3 is 10.1 Å². The van der Waals surface area contributed by atoms with Gasteiger partial charge in [-0.2, -0.15) is 0 Å². The molecule has 1 N–H and O–H groups in total. The van der Waals surface area contributed by atoms with Crippen molar-refractivity contribution >= 4 is 44.8 Å². The fourth-order valence-electron chi connectivity index (χ4n) is 2.30. The number of rotatable bonds is 7. The molecule has 0 heterocycles. The van der Waals surface area contributed by atoms with E-state index in [-0.39, 0.29) is 23.0 Å². The van der Waals surface area contributed by atoms with Gasteiger partial charge in [-0.3, -0.25) is 4.79 Å². The Hall–Kier alpha value is -1.80. The highest BCUT2D eigenvalue weighted by molar-refractivity contribution is 7.89. The zero-order valence-electron chi connectivity index (χ0n) is 15.1. The van der Waals surface area contributed by atoms with Gasteiger partial charge in [-0.05, 0) is 42.8 Å². The fraction of sp³-hybridized carbons (Fsp3) is 0.278. The minimum Gasteiger partial charge on any atom is -0.492 e. The van der Waals surface area contributed by atoms with Crippen molar-refractivity contribution in [3.8, 4) is 5.75 Å². The summed E-state index contributed by atoms with van der Waals surface area (Å²) in [6.45, 7) is 2.08. The molecule has 146 valence electrons. The van der Waals surface area contributed by atoms with E-state index in [1.807, 2.05) is 0 Å². The Kier molecular flexibility index (Phi) is 7.11. The summed E-state index contributed by atoms with van der Waals surface area (Å²) < 4.78 is 31.6. The molecule has 6 nitrogen and oxygen atoms in total. The minimum absolute atomic E-state index is 0.0123. The molecule has 0 aliphatic rings. The number of carbonyl (C=O) groups is 1. The number of nitrogens with zero attached hydrogens (tertiary/aromatic N) is 1. The van der Waals surface area contributed by atoms with Crippen molar-refractivity contribution in [2.45, 2.75) is 18.2 Å². The number of halogens is 2. The van der Waals surface area contributed by atoms with Crippen molar-refractivity contribution in [3.63, 3.8) is 0 Å². The summed E-state index contributed by atoms with van der Waals surface area (Å²) in [6.07, 6.45) is 0.0693. The van der Waals surface area contributed by atoms with E-state index in [2.05, 4.69) is 5.32 Å². The lowest BCUT2D eigenvalue weighted by molar-refractivity contribution is -0.115. The van der Waals surface area contributed by atoms with Crippen LogP contribution in [-0.4, -0.2) is 39.3 Å². The largest absolute Gasteiger partial charge is 0.492 e. The first kappa shape index (κ1) is 21.5. The zero-order chi connectivity index (χ0) is 20.2. The maximum atomic E-state index is 12.5. The molecular weight excluding hydrogens is 411 g/mol. The van der Waals surface area contributed by atoms with E-state index in [1.54, 1.807) is 31.2 Å². The highest BCUT2D eigenvalue weighted by Crippen LogP contribution is 2.29. The lowest BCUT2D eigenvalue weighted by atomic mass is 10.1. The Bertz CT molecular complexity index is 946. The normalized spacial score (nSPS) is 11.5. The van der Waals surface area contributed by atoms with E-state index in [1.165, 1.54) is 26.2 Å². The summed E-state index contributed by atoms with van der Waals surface area (Å²) in [4.78, 5) is 12.3. The van der Waals surface area contributed by atoms with Crippen molar-refractivity contribution in [3.05, 3.63) is 52.0 Å². The first-order valence-electron chi connectivity index (χ1n) is 8.08. The highest BCUT2D eigenvalue weighted by Gasteiger charge is 2.23. The predicted molar refractivity (Wildman–Crippen MR) is 107 cm³/mol. The molecule has 0 radical (unpaired) electrons. The smallest absolute Gasteiger partial charge is 0.246 e. The number of amides is 1. The Balaban J connectivity index is 2.25. The number of benzene rings is 2. The van der Waals surface area contributed by atoms with Crippen LogP contribution < -0.4 is 10.1 Å². The first-order chi connectivity index (χ1) is 12.6. The standard InChI is InChI=1S/C18H20Cl2N2O4S/c1-4-26-16-8-6-13(11-17(16)27(24,25)22(2)3)21-18(23)10-12-5-7-14(19)15(20)9-12/h5-9,11H,4,10H2,1-3H3,(H,21,23). The molecule has 27 heavy (non-hydrogen) atoms. The summed E-state index contributed by atoms with van der Waals surface area (Å²) in [6, 6.07) is 9.43. The minimum atomic E-state index is -3.73. The van der Waals surface area contributed by atoms with Crippen molar-refractivity contribution < 1.29 is 17.9 Å².